The first-order valence-electron chi connectivity index (χ1n) is 11.8. The van der Waals surface area contributed by atoms with Gasteiger partial charge in [0.25, 0.3) is 0 Å². The van der Waals surface area contributed by atoms with E-state index in [-0.39, 0.29) is 17.9 Å². The quantitative estimate of drug-likeness (QED) is 0.632. The van der Waals surface area contributed by atoms with Crippen LogP contribution in [0.15, 0.2) is 29.6 Å². The van der Waals surface area contributed by atoms with E-state index in [2.05, 4.69) is 23.8 Å². The van der Waals surface area contributed by atoms with Crippen LogP contribution < -0.4 is 4.90 Å². The molecular formula is C26H34N2O3S. The van der Waals surface area contributed by atoms with Crippen molar-refractivity contribution in [1.29, 1.82) is 0 Å². The lowest BCUT2D eigenvalue weighted by atomic mass is 9.82. The maximum absolute atomic E-state index is 13.9. The van der Waals surface area contributed by atoms with Gasteiger partial charge in [-0.15, -0.1) is 11.3 Å². The Labute approximate surface area is 195 Å². The topological polar surface area (TPSA) is 60.9 Å². The van der Waals surface area contributed by atoms with Crippen molar-refractivity contribution in [2.45, 2.75) is 58.4 Å². The Morgan fingerprint density at radius 1 is 1.06 bits per heavy atom. The fourth-order valence-electron chi connectivity index (χ4n) is 5.18. The van der Waals surface area contributed by atoms with Gasteiger partial charge in [0, 0.05) is 17.5 Å². The molecule has 2 aromatic rings. The molecule has 1 N–H and O–H groups in total. The first-order chi connectivity index (χ1) is 15.3. The first-order valence-corrected chi connectivity index (χ1v) is 12.7. The smallest absolute Gasteiger partial charge is 0.336 e. The van der Waals surface area contributed by atoms with Crippen LogP contribution in [0, 0.1) is 18.8 Å². The summed E-state index contributed by atoms with van der Waals surface area (Å²) in [5.41, 5.74) is 2.82. The van der Waals surface area contributed by atoms with Crippen LogP contribution in [0.1, 0.15) is 61.4 Å². The molecule has 2 fully saturated rings. The third kappa shape index (κ3) is 4.76. The molecule has 1 aromatic heterocycles. The minimum Gasteiger partial charge on any atom is -0.478 e. The molecule has 1 saturated heterocycles. The van der Waals surface area contributed by atoms with Gasteiger partial charge in [-0.25, -0.2) is 4.79 Å². The van der Waals surface area contributed by atoms with E-state index in [4.69, 9.17) is 0 Å². The summed E-state index contributed by atoms with van der Waals surface area (Å²) in [6, 6.07) is 7.76. The highest BCUT2D eigenvalue weighted by Gasteiger charge is 2.36. The van der Waals surface area contributed by atoms with Gasteiger partial charge in [-0.05, 0) is 89.0 Å². The number of aromatic carboxylic acids is 1. The van der Waals surface area contributed by atoms with Crippen LogP contribution in [-0.2, 0) is 4.79 Å². The number of thiophene rings is 1. The van der Waals surface area contributed by atoms with Crippen molar-refractivity contribution in [3.05, 3.63) is 40.8 Å². The Morgan fingerprint density at radius 2 is 1.75 bits per heavy atom. The summed E-state index contributed by atoms with van der Waals surface area (Å²) >= 11 is 1.53. The summed E-state index contributed by atoms with van der Waals surface area (Å²) in [7, 11) is 2.13. The second-order valence-electron chi connectivity index (χ2n) is 9.69. The second kappa shape index (κ2) is 9.75. The number of hydrogen-bond donors (Lipinski definition) is 1. The van der Waals surface area contributed by atoms with Crippen molar-refractivity contribution < 1.29 is 14.7 Å². The number of carboxylic acid groups (broad SMARTS) is 1. The largest absolute Gasteiger partial charge is 0.478 e. The number of carbonyl (C=O) groups excluding carboxylic acids is 1. The fourth-order valence-corrected chi connectivity index (χ4v) is 6.10. The number of piperidine rings is 1. The van der Waals surface area contributed by atoms with Gasteiger partial charge < -0.3 is 14.9 Å². The third-order valence-corrected chi connectivity index (χ3v) is 8.15. The van der Waals surface area contributed by atoms with Crippen LogP contribution in [0.25, 0.3) is 10.4 Å². The number of amides is 1. The zero-order valence-electron chi connectivity index (χ0n) is 19.3. The van der Waals surface area contributed by atoms with Crippen molar-refractivity contribution in [1.82, 2.24) is 4.90 Å². The highest BCUT2D eigenvalue weighted by molar-refractivity contribution is 7.14. The molecular weight excluding hydrogens is 420 g/mol. The Balaban J connectivity index is 1.74. The molecule has 5 nitrogen and oxygen atoms in total. The first kappa shape index (κ1) is 23.0. The van der Waals surface area contributed by atoms with Gasteiger partial charge in [-0.2, -0.15) is 0 Å². The number of carbonyl (C=O) groups is 2. The zero-order valence-corrected chi connectivity index (χ0v) is 20.2. The highest BCUT2D eigenvalue weighted by atomic mass is 32.1. The van der Waals surface area contributed by atoms with Gasteiger partial charge in [0.05, 0.1) is 16.1 Å². The van der Waals surface area contributed by atoms with Crippen LogP contribution in [0.2, 0.25) is 0 Å². The Hall–Kier alpha value is -2.18. The molecule has 172 valence electrons. The highest BCUT2D eigenvalue weighted by Crippen LogP contribution is 2.42. The summed E-state index contributed by atoms with van der Waals surface area (Å²) in [6.07, 6.45) is 6.01. The van der Waals surface area contributed by atoms with Crippen molar-refractivity contribution in [2.75, 3.05) is 25.0 Å². The van der Waals surface area contributed by atoms with Gasteiger partial charge in [-0.3, -0.25) is 4.79 Å². The number of carboxylic acids is 1. The standard InChI is InChI=1S/C26H34N2O3S/c1-17-4-7-19(8-5-17)25(29)28(20-10-13-27(3)14-11-20)23-12-15-32-24(23)21-9-6-18(2)16-22(21)26(30)31/h6,9,12,15-17,19-20H,4-5,7-8,10-11,13-14H2,1-3H3,(H,30,31). The number of benzene rings is 1. The molecule has 32 heavy (non-hydrogen) atoms. The maximum Gasteiger partial charge on any atom is 0.336 e. The van der Waals surface area contributed by atoms with E-state index >= 15 is 0 Å². The molecule has 0 bridgehead atoms. The van der Waals surface area contributed by atoms with E-state index < -0.39 is 5.97 Å². The molecule has 0 unspecified atom stereocenters. The molecule has 2 heterocycles. The van der Waals surface area contributed by atoms with Gasteiger partial charge in [0.1, 0.15) is 0 Å². The van der Waals surface area contributed by atoms with Gasteiger partial charge in [0.2, 0.25) is 5.91 Å². The average Bonchev–Trinajstić information content (AvgIpc) is 3.24. The lowest BCUT2D eigenvalue weighted by Crippen LogP contribution is -2.49. The minimum atomic E-state index is -0.929. The normalized spacial score (nSPS) is 22.6. The SMILES string of the molecule is Cc1ccc(-c2sccc2N(C(=O)C2CCC(C)CC2)C2CCN(C)CC2)c(C(=O)O)c1. The predicted octanol–water partition coefficient (Wildman–Crippen LogP) is 5.68. The van der Waals surface area contributed by atoms with Crippen LogP contribution in [0.4, 0.5) is 5.69 Å². The Bertz CT molecular complexity index is 969. The van der Waals surface area contributed by atoms with E-state index in [1.54, 1.807) is 6.07 Å². The van der Waals surface area contributed by atoms with Gasteiger partial charge in [0.15, 0.2) is 0 Å². The molecule has 1 saturated carbocycles. The van der Waals surface area contributed by atoms with Gasteiger partial charge in [-0.1, -0.05) is 24.6 Å². The summed E-state index contributed by atoms with van der Waals surface area (Å²) < 4.78 is 0. The second-order valence-corrected chi connectivity index (χ2v) is 10.6. The van der Waals surface area contributed by atoms with Crippen molar-refractivity contribution >= 4 is 28.9 Å². The Morgan fingerprint density at radius 3 is 2.41 bits per heavy atom. The van der Waals surface area contributed by atoms with Crippen LogP contribution >= 0.6 is 11.3 Å². The molecule has 0 spiro atoms. The number of anilines is 1. The van der Waals surface area contributed by atoms with Gasteiger partial charge >= 0.3 is 5.97 Å². The van der Waals surface area contributed by atoms with E-state index in [0.717, 1.165) is 67.7 Å². The summed E-state index contributed by atoms with van der Waals surface area (Å²) in [5.74, 6) is 0.0605. The number of likely N-dealkylation sites (tertiary alicyclic amines) is 1. The van der Waals surface area contributed by atoms with Crippen LogP contribution in [0.3, 0.4) is 0 Å². The molecule has 1 aromatic carbocycles. The van der Waals surface area contributed by atoms with Crippen molar-refractivity contribution in [3.8, 4) is 10.4 Å². The molecule has 0 radical (unpaired) electrons. The number of aryl methyl sites for hydroxylation is 1. The van der Waals surface area contributed by atoms with Crippen molar-refractivity contribution in [3.63, 3.8) is 0 Å². The monoisotopic (exact) mass is 454 g/mol. The summed E-state index contributed by atoms with van der Waals surface area (Å²) in [6.45, 7) is 6.13. The predicted molar refractivity (Wildman–Crippen MR) is 131 cm³/mol. The molecule has 6 heteroatoms. The Kier molecular flexibility index (Phi) is 7.01. The van der Waals surface area contributed by atoms with E-state index in [9.17, 15) is 14.7 Å². The lowest BCUT2D eigenvalue weighted by molar-refractivity contribution is -0.124. The minimum absolute atomic E-state index is 0.0653. The van der Waals surface area contributed by atoms with E-state index in [1.807, 2.05) is 30.5 Å². The number of hydrogen-bond acceptors (Lipinski definition) is 4. The molecule has 1 aliphatic heterocycles. The van der Waals surface area contributed by atoms with Crippen molar-refractivity contribution in [2.24, 2.45) is 11.8 Å². The van der Waals surface area contributed by atoms with E-state index in [0.29, 0.717) is 17.0 Å². The number of rotatable bonds is 5. The molecule has 4 rings (SSSR count). The number of nitrogens with zero attached hydrogens (tertiary/aromatic N) is 2. The van der Waals surface area contributed by atoms with Crippen LogP contribution in [0.5, 0.6) is 0 Å². The van der Waals surface area contributed by atoms with E-state index in [1.165, 1.54) is 11.3 Å². The summed E-state index contributed by atoms with van der Waals surface area (Å²) in [5, 5.41) is 11.8. The third-order valence-electron chi connectivity index (χ3n) is 7.21. The molecule has 2 aliphatic rings. The molecule has 0 atom stereocenters. The lowest BCUT2D eigenvalue weighted by Gasteiger charge is -2.40. The summed E-state index contributed by atoms with van der Waals surface area (Å²) in [4.78, 5) is 31.2. The zero-order chi connectivity index (χ0) is 22.8. The maximum atomic E-state index is 13.9. The fraction of sp³-hybridized carbons (Fsp3) is 0.538. The molecule has 1 amide bonds. The molecule has 1 aliphatic carbocycles. The average molecular weight is 455 g/mol. The van der Waals surface area contributed by atoms with Crippen LogP contribution in [-0.4, -0.2) is 48.1 Å².